The standard InChI is InChI=1S/C22H32N2O8/c1-11-12(2)22(32-19(10-29-14(4)26)20(11)30-15(5)27)31-18-8-16(9-25)6-7-17(18)24-21(28)13(3)23/h6-8,11-13,19-20,22,25H,9-10,23H2,1-5H3,(H,24,28)/t11-,12-,13+,19-,20+,22-/m1/s1. The van der Waals surface area contributed by atoms with Gasteiger partial charge in [-0.1, -0.05) is 19.9 Å². The van der Waals surface area contributed by atoms with Crippen molar-refractivity contribution >= 4 is 23.5 Å². The Hall–Kier alpha value is -2.69. The van der Waals surface area contributed by atoms with Gasteiger partial charge in [0.05, 0.1) is 18.3 Å². The SMILES string of the molecule is CC(=O)OC[C@H]1O[C@@H](Oc2cc(CO)ccc2NC(=O)[C@H](C)N)[C@H](C)[C@@H](C)[C@@H]1OC(C)=O. The van der Waals surface area contributed by atoms with Gasteiger partial charge in [0, 0.05) is 25.7 Å². The first-order chi connectivity index (χ1) is 15.0. The van der Waals surface area contributed by atoms with Crippen molar-refractivity contribution in [3.63, 3.8) is 0 Å². The van der Waals surface area contributed by atoms with Crippen LogP contribution in [-0.4, -0.2) is 54.1 Å². The molecule has 4 N–H and O–H groups in total. The van der Waals surface area contributed by atoms with Gasteiger partial charge in [0.1, 0.15) is 24.6 Å². The van der Waals surface area contributed by atoms with Crippen molar-refractivity contribution in [1.82, 2.24) is 0 Å². The van der Waals surface area contributed by atoms with Crippen LogP contribution in [0.4, 0.5) is 5.69 Å². The summed E-state index contributed by atoms with van der Waals surface area (Å²) >= 11 is 0. The molecule has 0 aromatic heterocycles. The number of anilines is 1. The van der Waals surface area contributed by atoms with Gasteiger partial charge >= 0.3 is 11.9 Å². The van der Waals surface area contributed by atoms with Gasteiger partial charge in [-0.3, -0.25) is 14.4 Å². The summed E-state index contributed by atoms with van der Waals surface area (Å²) in [4.78, 5) is 35.0. The van der Waals surface area contributed by atoms with Gasteiger partial charge in [0.15, 0.2) is 0 Å². The molecule has 6 atom stereocenters. The molecule has 1 aliphatic rings. The Balaban J connectivity index is 2.30. The average Bonchev–Trinajstić information content (AvgIpc) is 2.73. The van der Waals surface area contributed by atoms with Gasteiger partial charge < -0.3 is 35.1 Å². The van der Waals surface area contributed by atoms with Crippen molar-refractivity contribution in [2.24, 2.45) is 17.6 Å². The molecule has 32 heavy (non-hydrogen) atoms. The van der Waals surface area contributed by atoms with Gasteiger partial charge in [-0.05, 0) is 24.6 Å². The Labute approximate surface area is 187 Å². The molecule has 178 valence electrons. The smallest absolute Gasteiger partial charge is 0.303 e. The highest BCUT2D eigenvalue weighted by Gasteiger charge is 2.45. The molecule has 1 aliphatic heterocycles. The van der Waals surface area contributed by atoms with Crippen molar-refractivity contribution in [1.29, 1.82) is 0 Å². The van der Waals surface area contributed by atoms with Crippen LogP contribution in [0.15, 0.2) is 18.2 Å². The zero-order valence-corrected chi connectivity index (χ0v) is 19.0. The number of nitrogens with one attached hydrogen (secondary N) is 1. The van der Waals surface area contributed by atoms with Crippen LogP contribution in [0.25, 0.3) is 0 Å². The summed E-state index contributed by atoms with van der Waals surface area (Å²) in [5.41, 5.74) is 6.59. The number of ether oxygens (including phenoxy) is 4. The number of carbonyl (C=O) groups is 3. The van der Waals surface area contributed by atoms with E-state index in [1.807, 2.05) is 13.8 Å². The second-order valence-electron chi connectivity index (χ2n) is 8.02. The lowest BCUT2D eigenvalue weighted by atomic mass is 9.84. The molecule has 0 radical (unpaired) electrons. The van der Waals surface area contributed by atoms with Gasteiger partial charge in [-0.15, -0.1) is 0 Å². The number of amides is 1. The summed E-state index contributed by atoms with van der Waals surface area (Å²) in [6.45, 7) is 7.56. The number of rotatable bonds is 8. The van der Waals surface area contributed by atoms with E-state index in [0.717, 1.165) is 0 Å². The molecule has 10 heteroatoms. The number of esters is 2. The molecule has 0 aliphatic carbocycles. The lowest BCUT2D eigenvalue weighted by Crippen LogP contribution is -2.54. The molecule has 0 bridgehead atoms. The highest BCUT2D eigenvalue weighted by atomic mass is 16.7. The van der Waals surface area contributed by atoms with Crippen LogP contribution >= 0.6 is 0 Å². The third kappa shape index (κ3) is 6.65. The first kappa shape index (κ1) is 25.6. The molecular formula is C22H32N2O8. The maximum Gasteiger partial charge on any atom is 0.303 e. The fourth-order valence-corrected chi connectivity index (χ4v) is 3.34. The molecule has 1 saturated heterocycles. The van der Waals surface area contributed by atoms with Gasteiger partial charge in [-0.25, -0.2) is 0 Å². The van der Waals surface area contributed by atoms with E-state index in [2.05, 4.69) is 5.32 Å². The van der Waals surface area contributed by atoms with Crippen molar-refractivity contribution in [3.8, 4) is 5.75 Å². The monoisotopic (exact) mass is 452 g/mol. The van der Waals surface area contributed by atoms with Gasteiger partial charge in [0.25, 0.3) is 0 Å². The fourth-order valence-electron chi connectivity index (χ4n) is 3.34. The van der Waals surface area contributed by atoms with E-state index < -0.39 is 42.4 Å². The molecule has 1 amide bonds. The average molecular weight is 453 g/mol. The topological polar surface area (TPSA) is 146 Å². The summed E-state index contributed by atoms with van der Waals surface area (Å²) in [5, 5.41) is 12.2. The number of aliphatic hydroxyl groups excluding tert-OH is 1. The molecule has 0 spiro atoms. The minimum atomic E-state index is -0.808. The predicted octanol–water partition coefficient (Wildman–Crippen LogP) is 1.34. The van der Waals surface area contributed by atoms with Crippen LogP contribution in [0.1, 0.15) is 40.2 Å². The van der Waals surface area contributed by atoms with Crippen LogP contribution in [-0.2, 0) is 35.2 Å². The second-order valence-corrected chi connectivity index (χ2v) is 8.02. The number of hydrogen-bond donors (Lipinski definition) is 3. The number of benzene rings is 1. The molecule has 1 heterocycles. The summed E-state index contributed by atoms with van der Waals surface area (Å²) < 4.78 is 22.7. The molecule has 2 rings (SSSR count). The van der Waals surface area contributed by atoms with Crippen LogP contribution in [0, 0.1) is 11.8 Å². The highest BCUT2D eigenvalue weighted by Crippen LogP contribution is 2.36. The number of aliphatic hydroxyl groups is 1. The maximum absolute atomic E-state index is 12.1. The largest absolute Gasteiger partial charge is 0.463 e. The van der Waals surface area contributed by atoms with Crippen molar-refractivity contribution < 1.29 is 38.4 Å². The lowest BCUT2D eigenvalue weighted by Gasteiger charge is -2.43. The summed E-state index contributed by atoms with van der Waals surface area (Å²) in [6, 6.07) is 4.12. The first-order valence-electron chi connectivity index (χ1n) is 10.5. The van der Waals surface area contributed by atoms with Crippen LogP contribution in [0.3, 0.4) is 0 Å². The van der Waals surface area contributed by atoms with E-state index in [9.17, 15) is 19.5 Å². The predicted molar refractivity (Wildman–Crippen MR) is 114 cm³/mol. The molecule has 1 aromatic rings. The van der Waals surface area contributed by atoms with Crippen LogP contribution in [0.5, 0.6) is 5.75 Å². The molecular weight excluding hydrogens is 420 g/mol. The Morgan fingerprint density at radius 3 is 2.44 bits per heavy atom. The number of hydrogen-bond acceptors (Lipinski definition) is 9. The minimum absolute atomic E-state index is 0.116. The third-order valence-electron chi connectivity index (χ3n) is 5.35. The Morgan fingerprint density at radius 1 is 1.19 bits per heavy atom. The quantitative estimate of drug-likeness (QED) is 0.497. The van der Waals surface area contributed by atoms with Crippen LogP contribution in [0.2, 0.25) is 0 Å². The summed E-state index contributed by atoms with van der Waals surface area (Å²) in [5.74, 6) is -1.51. The van der Waals surface area contributed by atoms with E-state index in [0.29, 0.717) is 11.3 Å². The first-order valence-corrected chi connectivity index (χ1v) is 10.5. The third-order valence-corrected chi connectivity index (χ3v) is 5.35. The van der Waals surface area contributed by atoms with Crippen molar-refractivity contribution in [3.05, 3.63) is 23.8 Å². The van der Waals surface area contributed by atoms with Crippen LogP contribution < -0.4 is 15.8 Å². The molecule has 1 aromatic carbocycles. The fraction of sp³-hybridized carbons (Fsp3) is 0.591. The summed E-state index contributed by atoms with van der Waals surface area (Å²) in [6.07, 6.45) is -2.19. The minimum Gasteiger partial charge on any atom is -0.463 e. The van der Waals surface area contributed by atoms with E-state index in [1.165, 1.54) is 13.8 Å². The zero-order valence-electron chi connectivity index (χ0n) is 19.0. The molecule has 1 fully saturated rings. The van der Waals surface area contributed by atoms with Crippen molar-refractivity contribution in [2.75, 3.05) is 11.9 Å². The normalized spacial score (nSPS) is 26.0. The Bertz CT molecular complexity index is 828. The molecule has 0 unspecified atom stereocenters. The lowest BCUT2D eigenvalue weighted by molar-refractivity contribution is -0.247. The highest BCUT2D eigenvalue weighted by molar-refractivity contribution is 5.95. The van der Waals surface area contributed by atoms with E-state index in [4.69, 9.17) is 24.7 Å². The zero-order chi connectivity index (χ0) is 24.0. The molecule has 0 saturated carbocycles. The summed E-state index contributed by atoms with van der Waals surface area (Å²) in [7, 11) is 0. The van der Waals surface area contributed by atoms with Gasteiger partial charge in [0.2, 0.25) is 12.2 Å². The maximum atomic E-state index is 12.1. The number of nitrogens with two attached hydrogens (primary N) is 1. The van der Waals surface area contributed by atoms with E-state index >= 15 is 0 Å². The van der Waals surface area contributed by atoms with Gasteiger partial charge in [-0.2, -0.15) is 0 Å². The van der Waals surface area contributed by atoms with E-state index in [1.54, 1.807) is 25.1 Å². The van der Waals surface area contributed by atoms with Crippen molar-refractivity contribution in [2.45, 2.75) is 65.8 Å². The molecule has 10 nitrogen and oxygen atoms in total. The number of carbonyl (C=O) groups excluding carboxylic acids is 3. The van der Waals surface area contributed by atoms with E-state index in [-0.39, 0.29) is 30.8 Å². The second kappa shape index (κ2) is 11.3. The Kier molecular flexibility index (Phi) is 8.99. The Morgan fingerprint density at radius 2 is 1.88 bits per heavy atom.